The number of fused-ring (bicyclic) bond motifs is 1. The highest BCUT2D eigenvalue weighted by atomic mass is 35.5. The van der Waals surface area contributed by atoms with E-state index < -0.39 is 10.0 Å². The van der Waals surface area contributed by atoms with Crippen LogP contribution in [0.2, 0.25) is 5.02 Å². The fourth-order valence-electron chi connectivity index (χ4n) is 2.64. The van der Waals surface area contributed by atoms with Crippen LogP contribution in [0, 0.1) is 0 Å². The number of amides is 1. The first-order valence-corrected chi connectivity index (χ1v) is 11.2. The standard InChI is InChI=1S/C20H19ClN2O3S2/c1-23(2)28(25,26)16-11-9-15(10-12-16)22-19(24)13-27-18-8-4-6-14-5-3-7-17(21)20(14)18/h3-12H,13H2,1-2H3,(H,22,24). The zero-order valence-electron chi connectivity index (χ0n) is 15.3. The number of benzene rings is 3. The molecule has 0 aromatic heterocycles. The van der Waals surface area contributed by atoms with E-state index in [4.69, 9.17) is 11.6 Å². The van der Waals surface area contributed by atoms with Crippen molar-refractivity contribution in [1.29, 1.82) is 0 Å². The first kappa shape index (κ1) is 20.7. The molecule has 0 aliphatic rings. The van der Waals surface area contributed by atoms with Crippen molar-refractivity contribution in [3.63, 3.8) is 0 Å². The molecule has 0 radical (unpaired) electrons. The van der Waals surface area contributed by atoms with Crippen LogP contribution in [-0.4, -0.2) is 38.5 Å². The highest BCUT2D eigenvalue weighted by Gasteiger charge is 2.17. The number of rotatable bonds is 6. The smallest absolute Gasteiger partial charge is 0.242 e. The monoisotopic (exact) mass is 434 g/mol. The summed E-state index contributed by atoms with van der Waals surface area (Å²) in [5, 5.41) is 5.39. The Morgan fingerprint density at radius 1 is 1.04 bits per heavy atom. The minimum atomic E-state index is -3.49. The number of hydrogen-bond acceptors (Lipinski definition) is 4. The Labute approximate surface area is 173 Å². The van der Waals surface area contributed by atoms with Gasteiger partial charge in [0.25, 0.3) is 0 Å². The second-order valence-electron chi connectivity index (χ2n) is 6.24. The minimum Gasteiger partial charge on any atom is -0.325 e. The van der Waals surface area contributed by atoms with E-state index in [1.165, 1.54) is 38.0 Å². The number of carbonyl (C=O) groups excluding carboxylic acids is 1. The van der Waals surface area contributed by atoms with Crippen molar-refractivity contribution in [2.45, 2.75) is 9.79 Å². The van der Waals surface area contributed by atoms with Gasteiger partial charge in [0, 0.05) is 35.1 Å². The molecular weight excluding hydrogens is 416 g/mol. The summed E-state index contributed by atoms with van der Waals surface area (Å²) in [6, 6.07) is 17.7. The van der Waals surface area contributed by atoms with Gasteiger partial charge in [-0.2, -0.15) is 0 Å². The van der Waals surface area contributed by atoms with Crippen LogP contribution >= 0.6 is 23.4 Å². The van der Waals surface area contributed by atoms with E-state index in [-0.39, 0.29) is 16.6 Å². The van der Waals surface area contributed by atoms with Crippen molar-refractivity contribution in [3.05, 3.63) is 65.7 Å². The Balaban J connectivity index is 1.67. The van der Waals surface area contributed by atoms with Gasteiger partial charge in [0.2, 0.25) is 15.9 Å². The van der Waals surface area contributed by atoms with E-state index in [0.29, 0.717) is 10.7 Å². The third kappa shape index (κ3) is 4.50. The number of nitrogens with zero attached hydrogens (tertiary/aromatic N) is 1. The van der Waals surface area contributed by atoms with Gasteiger partial charge in [-0.05, 0) is 41.8 Å². The number of sulfonamides is 1. The topological polar surface area (TPSA) is 66.5 Å². The van der Waals surface area contributed by atoms with Crippen LogP contribution in [0.15, 0.2) is 70.5 Å². The average molecular weight is 435 g/mol. The Hall–Kier alpha value is -2.06. The van der Waals surface area contributed by atoms with Crippen molar-refractivity contribution < 1.29 is 13.2 Å². The van der Waals surface area contributed by atoms with Crippen LogP contribution in [0.3, 0.4) is 0 Å². The molecule has 0 bridgehead atoms. The van der Waals surface area contributed by atoms with E-state index in [1.807, 2.05) is 36.4 Å². The maximum Gasteiger partial charge on any atom is 0.242 e. The molecule has 1 amide bonds. The molecule has 28 heavy (non-hydrogen) atoms. The van der Waals surface area contributed by atoms with Gasteiger partial charge >= 0.3 is 0 Å². The van der Waals surface area contributed by atoms with Crippen molar-refractivity contribution in [2.24, 2.45) is 0 Å². The van der Waals surface area contributed by atoms with Crippen molar-refractivity contribution in [2.75, 3.05) is 25.2 Å². The van der Waals surface area contributed by atoms with E-state index in [1.54, 1.807) is 12.1 Å². The van der Waals surface area contributed by atoms with E-state index in [0.717, 1.165) is 20.0 Å². The average Bonchev–Trinajstić information content (AvgIpc) is 2.67. The molecule has 0 saturated heterocycles. The molecule has 3 aromatic rings. The number of hydrogen-bond donors (Lipinski definition) is 1. The summed E-state index contributed by atoms with van der Waals surface area (Å²) < 4.78 is 25.3. The molecule has 0 heterocycles. The summed E-state index contributed by atoms with van der Waals surface area (Å²) in [6.07, 6.45) is 0. The summed E-state index contributed by atoms with van der Waals surface area (Å²) in [5.74, 6) is 0.0273. The van der Waals surface area contributed by atoms with Gasteiger partial charge in [0.05, 0.1) is 10.6 Å². The molecule has 0 aliphatic heterocycles. The molecule has 0 fully saturated rings. The van der Waals surface area contributed by atoms with Crippen molar-refractivity contribution in [1.82, 2.24) is 4.31 Å². The van der Waals surface area contributed by atoms with Gasteiger partial charge < -0.3 is 5.32 Å². The number of nitrogens with one attached hydrogen (secondary N) is 1. The zero-order chi connectivity index (χ0) is 20.3. The summed E-state index contributed by atoms with van der Waals surface area (Å²) in [5.41, 5.74) is 0.541. The maximum atomic E-state index is 12.3. The fourth-order valence-corrected chi connectivity index (χ4v) is 4.79. The highest BCUT2D eigenvalue weighted by molar-refractivity contribution is 8.00. The lowest BCUT2D eigenvalue weighted by atomic mass is 10.1. The van der Waals surface area contributed by atoms with Gasteiger partial charge in [-0.3, -0.25) is 4.79 Å². The van der Waals surface area contributed by atoms with Gasteiger partial charge in [0.1, 0.15) is 0 Å². The molecule has 0 unspecified atom stereocenters. The van der Waals surface area contributed by atoms with Crippen LogP contribution < -0.4 is 5.32 Å². The molecule has 5 nitrogen and oxygen atoms in total. The predicted octanol–water partition coefficient (Wildman–Crippen LogP) is 4.47. The number of carbonyl (C=O) groups is 1. The molecule has 1 N–H and O–H groups in total. The molecule has 0 spiro atoms. The van der Waals surface area contributed by atoms with Gasteiger partial charge in [-0.25, -0.2) is 12.7 Å². The Bertz CT molecular complexity index is 1110. The molecule has 146 valence electrons. The summed E-state index contributed by atoms with van der Waals surface area (Å²) >= 11 is 7.72. The molecule has 3 aromatic carbocycles. The lowest BCUT2D eigenvalue weighted by Gasteiger charge is -2.12. The Kier molecular flexibility index (Phi) is 6.30. The predicted molar refractivity (Wildman–Crippen MR) is 116 cm³/mol. The number of anilines is 1. The van der Waals surface area contributed by atoms with Gasteiger partial charge in [0.15, 0.2) is 0 Å². The third-order valence-electron chi connectivity index (χ3n) is 4.09. The van der Waals surface area contributed by atoms with Gasteiger partial charge in [-0.15, -0.1) is 11.8 Å². The summed E-state index contributed by atoms with van der Waals surface area (Å²) in [7, 11) is -0.541. The van der Waals surface area contributed by atoms with E-state index >= 15 is 0 Å². The SMILES string of the molecule is CN(C)S(=O)(=O)c1ccc(NC(=O)CSc2cccc3cccc(Cl)c23)cc1. The van der Waals surface area contributed by atoms with E-state index in [2.05, 4.69) is 5.32 Å². The summed E-state index contributed by atoms with van der Waals surface area (Å²) in [4.78, 5) is 13.4. The van der Waals surface area contributed by atoms with Crippen LogP contribution in [-0.2, 0) is 14.8 Å². The van der Waals surface area contributed by atoms with Crippen LogP contribution in [0.5, 0.6) is 0 Å². The molecule has 3 rings (SSSR count). The van der Waals surface area contributed by atoms with Crippen LogP contribution in [0.25, 0.3) is 10.8 Å². The summed E-state index contributed by atoms with van der Waals surface area (Å²) in [6.45, 7) is 0. The molecule has 0 aliphatic carbocycles. The van der Waals surface area contributed by atoms with Crippen molar-refractivity contribution in [3.8, 4) is 0 Å². The lowest BCUT2D eigenvalue weighted by Crippen LogP contribution is -2.22. The third-order valence-corrected chi connectivity index (χ3v) is 7.29. The van der Waals surface area contributed by atoms with Crippen molar-refractivity contribution >= 4 is 55.8 Å². The van der Waals surface area contributed by atoms with Gasteiger partial charge in [-0.1, -0.05) is 35.9 Å². The van der Waals surface area contributed by atoms with E-state index in [9.17, 15) is 13.2 Å². The quantitative estimate of drug-likeness (QED) is 0.581. The van der Waals surface area contributed by atoms with Crippen LogP contribution in [0.4, 0.5) is 5.69 Å². The number of thioether (sulfide) groups is 1. The fraction of sp³-hybridized carbons (Fsp3) is 0.150. The second-order valence-corrected chi connectivity index (χ2v) is 9.82. The maximum absolute atomic E-state index is 12.3. The number of halogens is 1. The molecule has 0 atom stereocenters. The molecule has 0 saturated carbocycles. The minimum absolute atomic E-state index is 0.176. The first-order valence-electron chi connectivity index (χ1n) is 8.41. The normalized spacial score (nSPS) is 11.7. The largest absolute Gasteiger partial charge is 0.325 e. The lowest BCUT2D eigenvalue weighted by molar-refractivity contribution is -0.113. The van der Waals surface area contributed by atoms with Crippen LogP contribution in [0.1, 0.15) is 0 Å². The Morgan fingerprint density at radius 3 is 2.32 bits per heavy atom. The second kappa shape index (κ2) is 8.53. The zero-order valence-corrected chi connectivity index (χ0v) is 17.7. The first-order chi connectivity index (χ1) is 13.3. The highest BCUT2D eigenvalue weighted by Crippen LogP contribution is 2.33. The molecular formula is C20H19ClN2O3S2. The Morgan fingerprint density at radius 2 is 1.68 bits per heavy atom. The molecule has 8 heteroatoms.